The zero-order valence-electron chi connectivity index (χ0n) is 22.9. The van der Waals surface area contributed by atoms with Crippen molar-refractivity contribution in [2.45, 2.75) is 89.4 Å². The summed E-state index contributed by atoms with van der Waals surface area (Å²) in [4.78, 5) is 13.9. The summed E-state index contributed by atoms with van der Waals surface area (Å²) in [6, 6.07) is 17.9. The maximum Gasteiger partial charge on any atom is 0.324 e. The first-order chi connectivity index (χ1) is 16.9. The molecule has 0 aliphatic heterocycles. The summed E-state index contributed by atoms with van der Waals surface area (Å²) >= 11 is 0. The Morgan fingerprint density at radius 1 is 0.889 bits per heavy atom. The molecule has 0 heterocycles. The third-order valence-corrected chi connectivity index (χ3v) is 15.5. The molecule has 0 N–H and O–H groups in total. The second-order valence-corrected chi connectivity index (χ2v) is 18.2. The van der Waals surface area contributed by atoms with Crippen LogP contribution in [-0.2, 0) is 26.0 Å². The topological polar surface area (TPSA) is 60.4 Å². The lowest BCUT2D eigenvalue weighted by Crippen LogP contribution is -2.44. The Kier molecular flexibility index (Phi) is 10.6. The zero-order chi connectivity index (χ0) is 27.0. The molecule has 196 valence electrons. The van der Waals surface area contributed by atoms with Gasteiger partial charge in [0.15, 0.2) is 9.84 Å². The van der Waals surface area contributed by atoms with Crippen LogP contribution in [0.2, 0.25) is 16.6 Å². The van der Waals surface area contributed by atoms with Crippen LogP contribution in [0.25, 0.3) is 0 Å². The fourth-order valence-electron chi connectivity index (χ4n) is 5.20. The molecule has 0 saturated carbocycles. The Hall–Kier alpha value is -2.36. The lowest BCUT2D eigenvalue weighted by atomic mass is 9.83. The van der Waals surface area contributed by atoms with Crippen LogP contribution in [0, 0.1) is 16.9 Å². The molecule has 1 unspecified atom stereocenters. The van der Waals surface area contributed by atoms with E-state index in [0.29, 0.717) is 23.0 Å². The van der Waals surface area contributed by atoms with E-state index in [4.69, 9.17) is 4.74 Å². The summed E-state index contributed by atoms with van der Waals surface area (Å²) < 4.78 is 32.0. The SMILES string of the molecule is CCC(C#C[Si](C(C)C)(C(C)C)C(C)C)(CCS(=O)(=O)c1ccccc1)C(=O)OCc1ccccc1. The van der Waals surface area contributed by atoms with Crippen LogP contribution >= 0.6 is 0 Å². The smallest absolute Gasteiger partial charge is 0.324 e. The largest absolute Gasteiger partial charge is 0.460 e. The van der Waals surface area contributed by atoms with Gasteiger partial charge in [0, 0.05) is 0 Å². The van der Waals surface area contributed by atoms with E-state index in [2.05, 4.69) is 53.0 Å². The van der Waals surface area contributed by atoms with Crippen molar-refractivity contribution in [2.75, 3.05) is 5.75 Å². The predicted molar refractivity (Wildman–Crippen MR) is 151 cm³/mol. The van der Waals surface area contributed by atoms with E-state index >= 15 is 0 Å². The van der Waals surface area contributed by atoms with Crippen LogP contribution in [0.1, 0.15) is 66.9 Å². The first-order valence-electron chi connectivity index (χ1n) is 12.9. The second-order valence-electron chi connectivity index (χ2n) is 10.5. The molecular weight excluding hydrogens is 484 g/mol. The molecule has 0 bridgehead atoms. The predicted octanol–water partition coefficient (Wildman–Crippen LogP) is 7.21. The number of esters is 1. The summed E-state index contributed by atoms with van der Waals surface area (Å²) in [6.45, 7) is 15.4. The average molecular weight is 527 g/mol. The minimum absolute atomic E-state index is 0.0973. The van der Waals surface area contributed by atoms with Gasteiger partial charge in [0.2, 0.25) is 0 Å². The van der Waals surface area contributed by atoms with Crippen molar-refractivity contribution in [3.05, 3.63) is 66.2 Å². The van der Waals surface area contributed by atoms with Crippen molar-refractivity contribution < 1.29 is 17.9 Å². The number of hydrogen-bond acceptors (Lipinski definition) is 4. The highest BCUT2D eigenvalue weighted by Gasteiger charge is 2.44. The van der Waals surface area contributed by atoms with Crippen LogP contribution in [0.3, 0.4) is 0 Å². The summed E-state index contributed by atoms with van der Waals surface area (Å²) in [5.74, 6) is 2.79. The maximum absolute atomic E-state index is 13.6. The van der Waals surface area contributed by atoms with Crippen molar-refractivity contribution in [3.8, 4) is 11.5 Å². The number of rotatable bonds is 11. The van der Waals surface area contributed by atoms with Gasteiger partial charge < -0.3 is 4.74 Å². The third kappa shape index (κ3) is 6.89. The Morgan fingerprint density at radius 2 is 1.39 bits per heavy atom. The third-order valence-electron chi connectivity index (χ3n) is 7.49. The molecule has 6 heteroatoms. The van der Waals surface area contributed by atoms with Gasteiger partial charge in [-0.25, -0.2) is 8.42 Å². The maximum atomic E-state index is 13.6. The van der Waals surface area contributed by atoms with Gasteiger partial charge in [0.25, 0.3) is 0 Å². The Morgan fingerprint density at radius 3 is 1.86 bits per heavy atom. The summed E-state index contributed by atoms with van der Waals surface area (Å²) in [6.07, 6.45) is 0.483. The van der Waals surface area contributed by atoms with Crippen LogP contribution < -0.4 is 0 Å². The average Bonchev–Trinajstić information content (AvgIpc) is 2.85. The lowest BCUT2D eigenvalue weighted by molar-refractivity contribution is -0.154. The molecule has 1 atom stereocenters. The molecule has 0 aromatic heterocycles. The standard InChI is InChI=1S/C30H42O4SSi/c1-8-30(29(31)34-23-27-15-11-9-12-16-27,19-21-35(32,33)28-17-13-10-14-18-28)20-22-36(24(2)3,25(4)5)26(6)7/h9-18,24-26H,8,19,21,23H2,1-7H3. The van der Waals surface area contributed by atoms with Gasteiger partial charge in [-0.1, -0.05) is 103 Å². The molecule has 0 amide bonds. The number of carbonyl (C=O) groups excluding carboxylic acids is 1. The van der Waals surface area contributed by atoms with Gasteiger partial charge in [-0.3, -0.25) is 4.79 Å². The van der Waals surface area contributed by atoms with E-state index < -0.39 is 29.3 Å². The van der Waals surface area contributed by atoms with Gasteiger partial charge in [0.05, 0.1) is 10.6 Å². The molecule has 2 rings (SSSR count). The monoisotopic (exact) mass is 526 g/mol. The molecule has 0 aliphatic carbocycles. The van der Waals surface area contributed by atoms with Gasteiger partial charge >= 0.3 is 5.97 Å². The number of sulfone groups is 1. The van der Waals surface area contributed by atoms with Crippen molar-refractivity contribution in [2.24, 2.45) is 5.41 Å². The second kappa shape index (κ2) is 12.7. The molecule has 0 aliphatic rings. The van der Waals surface area contributed by atoms with Crippen molar-refractivity contribution in [1.29, 1.82) is 0 Å². The first kappa shape index (κ1) is 29.9. The van der Waals surface area contributed by atoms with E-state index in [1.54, 1.807) is 30.3 Å². The number of ether oxygens (including phenoxy) is 1. The molecule has 0 saturated heterocycles. The molecule has 0 radical (unpaired) electrons. The fourth-order valence-corrected chi connectivity index (χ4v) is 11.9. The highest BCUT2D eigenvalue weighted by Crippen LogP contribution is 2.41. The highest BCUT2D eigenvalue weighted by molar-refractivity contribution is 7.91. The Labute approximate surface area is 219 Å². The molecule has 4 nitrogen and oxygen atoms in total. The summed E-state index contributed by atoms with van der Waals surface area (Å²) in [7, 11) is -5.71. The van der Waals surface area contributed by atoms with Crippen LogP contribution in [0.4, 0.5) is 0 Å². The molecular formula is C30H42O4SSi. The summed E-state index contributed by atoms with van der Waals surface area (Å²) in [5, 5.41) is 0. The van der Waals surface area contributed by atoms with Gasteiger partial charge in [-0.2, -0.15) is 0 Å². The van der Waals surface area contributed by atoms with E-state index in [0.717, 1.165) is 5.56 Å². The van der Waals surface area contributed by atoms with Gasteiger partial charge in [-0.05, 0) is 47.2 Å². The quantitative estimate of drug-likeness (QED) is 0.176. The van der Waals surface area contributed by atoms with E-state index in [-0.39, 0.29) is 23.7 Å². The van der Waals surface area contributed by atoms with E-state index in [1.807, 2.05) is 37.3 Å². The van der Waals surface area contributed by atoms with Gasteiger partial charge in [0.1, 0.15) is 20.1 Å². The normalized spacial score (nSPS) is 13.8. The molecule has 2 aromatic rings. The molecule has 36 heavy (non-hydrogen) atoms. The zero-order valence-corrected chi connectivity index (χ0v) is 24.7. The molecule has 0 fully saturated rings. The lowest BCUT2D eigenvalue weighted by Gasteiger charge is -2.38. The summed E-state index contributed by atoms with van der Waals surface area (Å²) in [5.41, 5.74) is 4.56. The molecule has 0 spiro atoms. The number of hydrogen-bond donors (Lipinski definition) is 0. The minimum atomic E-state index is -3.57. The first-order valence-corrected chi connectivity index (χ1v) is 16.8. The number of benzene rings is 2. The highest BCUT2D eigenvalue weighted by atomic mass is 32.2. The van der Waals surface area contributed by atoms with Crippen LogP contribution in [0.5, 0.6) is 0 Å². The molecule has 2 aromatic carbocycles. The minimum Gasteiger partial charge on any atom is -0.460 e. The van der Waals surface area contributed by atoms with Crippen LogP contribution in [0.15, 0.2) is 65.6 Å². The van der Waals surface area contributed by atoms with Gasteiger partial charge in [-0.15, -0.1) is 5.54 Å². The van der Waals surface area contributed by atoms with Crippen molar-refractivity contribution in [1.82, 2.24) is 0 Å². The van der Waals surface area contributed by atoms with E-state index in [9.17, 15) is 13.2 Å². The van der Waals surface area contributed by atoms with Crippen LogP contribution in [-0.4, -0.2) is 28.2 Å². The number of carbonyl (C=O) groups is 1. The fraction of sp³-hybridized carbons (Fsp3) is 0.500. The Bertz CT molecular complexity index is 1120. The van der Waals surface area contributed by atoms with Crippen molar-refractivity contribution in [3.63, 3.8) is 0 Å². The Balaban J connectivity index is 2.50. The van der Waals surface area contributed by atoms with Crippen molar-refractivity contribution >= 4 is 23.9 Å². The van der Waals surface area contributed by atoms with E-state index in [1.165, 1.54) is 0 Å².